The predicted octanol–water partition coefficient (Wildman–Crippen LogP) is 2.21. The smallest absolute Gasteiger partial charge is 0.0637 e. The van der Waals surface area contributed by atoms with Gasteiger partial charge < -0.3 is 14.8 Å². The van der Waals surface area contributed by atoms with Gasteiger partial charge in [0, 0.05) is 26.4 Å². The van der Waals surface area contributed by atoms with Crippen LogP contribution in [-0.2, 0) is 9.47 Å². The van der Waals surface area contributed by atoms with Crippen molar-refractivity contribution in [1.82, 2.24) is 5.32 Å². The summed E-state index contributed by atoms with van der Waals surface area (Å²) in [6.45, 7) is 11.1. The summed E-state index contributed by atoms with van der Waals surface area (Å²) in [6.07, 6.45) is 2.10. The second-order valence-corrected chi connectivity index (χ2v) is 4.57. The first-order valence-corrected chi connectivity index (χ1v) is 5.88. The van der Waals surface area contributed by atoms with Crippen LogP contribution in [0.3, 0.4) is 0 Å². The van der Waals surface area contributed by atoms with E-state index in [-0.39, 0.29) is 5.60 Å². The zero-order valence-electron chi connectivity index (χ0n) is 10.9. The number of nitrogens with one attached hydrogen (secondary N) is 1. The van der Waals surface area contributed by atoms with Gasteiger partial charge in [-0.3, -0.25) is 0 Å². The minimum atomic E-state index is -0.0354. The van der Waals surface area contributed by atoms with Crippen molar-refractivity contribution < 1.29 is 9.47 Å². The first kappa shape index (κ1) is 14.9. The van der Waals surface area contributed by atoms with Gasteiger partial charge in [0.1, 0.15) is 0 Å². The van der Waals surface area contributed by atoms with E-state index in [4.69, 9.17) is 9.47 Å². The summed E-state index contributed by atoms with van der Waals surface area (Å²) in [4.78, 5) is 0. The van der Waals surface area contributed by atoms with Crippen LogP contribution in [0.1, 0.15) is 40.5 Å². The molecule has 0 aromatic rings. The number of hydrogen-bond acceptors (Lipinski definition) is 3. The summed E-state index contributed by atoms with van der Waals surface area (Å²) in [5.41, 5.74) is -0.0354. The third kappa shape index (κ3) is 8.85. The van der Waals surface area contributed by atoms with Gasteiger partial charge in [-0.2, -0.15) is 0 Å². The summed E-state index contributed by atoms with van der Waals surface area (Å²) >= 11 is 0. The van der Waals surface area contributed by atoms with Gasteiger partial charge in [-0.15, -0.1) is 0 Å². The molecule has 3 nitrogen and oxygen atoms in total. The van der Waals surface area contributed by atoms with Crippen molar-refractivity contribution in [2.75, 3.05) is 26.9 Å². The van der Waals surface area contributed by atoms with Crippen LogP contribution in [0.4, 0.5) is 0 Å². The Morgan fingerprint density at radius 3 is 2.53 bits per heavy atom. The van der Waals surface area contributed by atoms with E-state index >= 15 is 0 Å². The van der Waals surface area contributed by atoms with Crippen molar-refractivity contribution in [1.29, 1.82) is 0 Å². The summed E-state index contributed by atoms with van der Waals surface area (Å²) in [5, 5.41) is 3.47. The van der Waals surface area contributed by atoms with Gasteiger partial charge in [0.15, 0.2) is 0 Å². The van der Waals surface area contributed by atoms with Crippen LogP contribution < -0.4 is 5.32 Å². The van der Waals surface area contributed by atoms with Gasteiger partial charge in [-0.1, -0.05) is 0 Å². The molecule has 92 valence electrons. The van der Waals surface area contributed by atoms with Crippen molar-refractivity contribution in [3.05, 3.63) is 0 Å². The van der Waals surface area contributed by atoms with Crippen LogP contribution in [0.25, 0.3) is 0 Å². The average molecular weight is 217 g/mol. The summed E-state index contributed by atoms with van der Waals surface area (Å²) in [5.74, 6) is 0. The van der Waals surface area contributed by atoms with E-state index in [0.29, 0.717) is 6.04 Å². The van der Waals surface area contributed by atoms with Crippen molar-refractivity contribution in [3.63, 3.8) is 0 Å². The Labute approximate surface area is 94.5 Å². The molecule has 0 aliphatic rings. The van der Waals surface area contributed by atoms with Crippen LogP contribution in [0.15, 0.2) is 0 Å². The molecule has 0 bridgehead atoms. The zero-order chi connectivity index (χ0) is 11.7. The quantitative estimate of drug-likeness (QED) is 0.601. The standard InChI is InChI=1S/C12H27NO2/c1-6-15-9-7-8-13-11(2)10-12(3,4)14-5/h11,13H,6-10H2,1-5H3/t11-/m1/s1. The number of ether oxygens (including phenoxy) is 2. The van der Waals surface area contributed by atoms with E-state index in [1.165, 1.54) is 0 Å². The molecule has 1 atom stereocenters. The van der Waals surface area contributed by atoms with Crippen LogP contribution in [-0.4, -0.2) is 38.5 Å². The Kier molecular flexibility index (Phi) is 8.02. The van der Waals surface area contributed by atoms with Gasteiger partial charge in [0.2, 0.25) is 0 Å². The minimum Gasteiger partial charge on any atom is -0.382 e. The Bertz CT molecular complexity index is 149. The van der Waals surface area contributed by atoms with Gasteiger partial charge in [-0.05, 0) is 47.1 Å². The maximum atomic E-state index is 5.39. The number of hydrogen-bond donors (Lipinski definition) is 1. The number of rotatable bonds is 9. The third-order valence-corrected chi connectivity index (χ3v) is 2.51. The Hall–Kier alpha value is -0.120. The Morgan fingerprint density at radius 1 is 1.33 bits per heavy atom. The molecule has 0 aromatic heterocycles. The molecule has 0 radical (unpaired) electrons. The zero-order valence-corrected chi connectivity index (χ0v) is 10.9. The molecule has 0 aliphatic heterocycles. The van der Waals surface area contributed by atoms with Crippen molar-refractivity contribution >= 4 is 0 Å². The first-order chi connectivity index (χ1) is 7.02. The maximum absolute atomic E-state index is 5.39. The highest BCUT2D eigenvalue weighted by Gasteiger charge is 2.19. The van der Waals surface area contributed by atoms with E-state index in [2.05, 4.69) is 26.1 Å². The average Bonchev–Trinajstić information content (AvgIpc) is 2.17. The molecular weight excluding hydrogens is 190 g/mol. The SMILES string of the molecule is CCOCCCN[C@H](C)CC(C)(C)OC. The highest BCUT2D eigenvalue weighted by Crippen LogP contribution is 2.15. The second kappa shape index (κ2) is 8.08. The molecule has 0 saturated heterocycles. The molecule has 3 heteroatoms. The van der Waals surface area contributed by atoms with Crippen molar-refractivity contribution in [2.24, 2.45) is 0 Å². The summed E-state index contributed by atoms with van der Waals surface area (Å²) in [7, 11) is 1.77. The third-order valence-electron chi connectivity index (χ3n) is 2.51. The molecule has 0 spiro atoms. The van der Waals surface area contributed by atoms with E-state index < -0.39 is 0 Å². The predicted molar refractivity (Wildman–Crippen MR) is 64.3 cm³/mol. The van der Waals surface area contributed by atoms with Crippen molar-refractivity contribution in [2.45, 2.75) is 52.2 Å². The van der Waals surface area contributed by atoms with Gasteiger partial charge >= 0.3 is 0 Å². The van der Waals surface area contributed by atoms with E-state index in [1.54, 1.807) is 7.11 Å². The molecule has 0 saturated carbocycles. The van der Waals surface area contributed by atoms with E-state index in [0.717, 1.165) is 32.6 Å². The lowest BCUT2D eigenvalue weighted by Crippen LogP contribution is -2.36. The lowest BCUT2D eigenvalue weighted by atomic mass is 10.00. The van der Waals surface area contributed by atoms with Gasteiger partial charge in [0.25, 0.3) is 0 Å². The van der Waals surface area contributed by atoms with E-state index in [1.807, 2.05) is 6.92 Å². The molecular formula is C12H27NO2. The molecule has 0 aliphatic carbocycles. The Balaban J connectivity index is 3.45. The normalized spacial score (nSPS) is 14.2. The Morgan fingerprint density at radius 2 is 2.00 bits per heavy atom. The fourth-order valence-corrected chi connectivity index (χ4v) is 1.56. The molecule has 0 fully saturated rings. The van der Waals surface area contributed by atoms with Crippen LogP contribution >= 0.6 is 0 Å². The monoisotopic (exact) mass is 217 g/mol. The molecule has 0 amide bonds. The summed E-state index contributed by atoms with van der Waals surface area (Å²) in [6, 6.07) is 0.488. The molecule has 0 aromatic carbocycles. The van der Waals surface area contributed by atoms with Gasteiger partial charge in [0.05, 0.1) is 5.60 Å². The first-order valence-electron chi connectivity index (χ1n) is 5.88. The lowest BCUT2D eigenvalue weighted by molar-refractivity contribution is 0.00845. The lowest BCUT2D eigenvalue weighted by Gasteiger charge is -2.27. The minimum absolute atomic E-state index is 0.0354. The fourth-order valence-electron chi connectivity index (χ4n) is 1.56. The molecule has 0 heterocycles. The highest BCUT2D eigenvalue weighted by atomic mass is 16.5. The molecule has 0 rings (SSSR count). The maximum Gasteiger partial charge on any atom is 0.0637 e. The van der Waals surface area contributed by atoms with E-state index in [9.17, 15) is 0 Å². The topological polar surface area (TPSA) is 30.5 Å². The molecule has 1 N–H and O–H groups in total. The second-order valence-electron chi connectivity index (χ2n) is 4.57. The van der Waals surface area contributed by atoms with Crippen LogP contribution in [0.5, 0.6) is 0 Å². The van der Waals surface area contributed by atoms with Gasteiger partial charge in [-0.25, -0.2) is 0 Å². The molecule has 15 heavy (non-hydrogen) atoms. The molecule has 0 unspecified atom stereocenters. The fraction of sp³-hybridized carbons (Fsp3) is 1.00. The van der Waals surface area contributed by atoms with Crippen molar-refractivity contribution in [3.8, 4) is 0 Å². The summed E-state index contributed by atoms with van der Waals surface area (Å²) < 4.78 is 10.7. The van der Waals surface area contributed by atoms with Crippen LogP contribution in [0.2, 0.25) is 0 Å². The highest BCUT2D eigenvalue weighted by molar-refractivity contribution is 4.75. The largest absolute Gasteiger partial charge is 0.382 e. The number of methoxy groups -OCH3 is 1. The van der Waals surface area contributed by atoms with Crippen LogP contribution in [0, 0.1) is 0 Å².